The standard InChI is InChI=1S/C17H20N2S/c1-12(2)15-4-6-16(7-5-15)13(3)19-10-17-8-14(9-18)11-20-17/h4-8,11-13,19H,10H2,1-3H3. The molecular weight excluding hydrogens is 264 g/mol. The molecule has 0 aliphatic carbocycles. The summed E-state index contributed by atoms with van der Waals surface area (Å²) in [5, 5.41) is 14.2. The summed E-state index contributed by atoms with van der Waals surface area (Å²) in [7, 11) is 0. The molecule has 0 saturated heterocycles. The van der Waals surface area contributed by atoms with Crippen molar-refractivity contribution in [3.8, 4) is 6.07 Å². The monoisotopic (exact) mass is 284 g/mol. The highest BCUT2D eigenvalue weighted by molar-refractivity contribution is 7.10. The third-order valence-electron chi connectivity index (χ3n) is 3.47. The number of hydrogen-bond acceptors (Lipinski definition) is 3. The molecular formula is C17H20N2S. The predicted molar refractivity (Wildman–Crippen MR) is 84.8 cm³/mol. The van der Waals surface area contributed by atoms with Gasteiger partial charge in [0.25, 0.3) is 0 Å². The molecule has 104 valence electrons. The number of nitriles is 1. The van der Waals surface area contributed by atoms with Crippen molar-refractivity contribution < 1.29 is 0 Å². The first-order valence-corrected chi connectivity index (χ1v) is 7.79. The number of hydrogen-bond donors (Lipinski definition) is 1. The van der Waals surface area contributed by atoms with Crippen LogP contribution in [0.1, 0.15) is 54.3 Å². The van der Waals surface area contributed by atoms with Gasteiger partial charge in [0.05, 0.1) is 5.56 Å². The summed E-state index contributed by atoms with van der Waals surface area (Å²) in [6, 6.07) is 13.2. The third-order valence-corrected chi connectivity index (χ3v) is 4.41. The SMILES string of the molecule is CC(C)c1ccc(C(C)NCc2cc(C#N)cs2)cc1. The van der Waals surface area contributed by atoms with Gasteiger partial charge in [-0.3, -0.25) is 0 Å². The van der Waals surface area contributed by atoms with Gasteiger partial charge >= 0.3 is 0 Å². The first kappa shape index (κ1) is 14.8. The summed E-state index contributed by atoms with van der Waals surface area (Å²) in [6.45, 7) is 7.39. The predicted octanol–water partition coefficient (Wildman–Crippen LogP) is 4.59. The zero-order valence-corrected chi connectivity index (χ0v) is 13.0. The lowest BCUT2D eigenvalue weighted by Crippen LogP contribution is -2.17. The van der Waals surface area contributed by atoms with Crippen molar-refractivity contribution in [2.75, 3.05) is 0 Å². The van der Waals surface area contributed by atoms with Crippen LogP contribution in [0.3, 0.4) is 0 Å². The molecule has 0 spiro atoms. The van der Waals surface area contributed by atoms with Crippen LogP contribution >= 0.6 is 11.3 Å². The lowest BCUT2D eigenvalue weighted by Gasteiger charge is -2.15. The molecule has 1 atom stereocenters. The molecule has 1 heterocycles. The Morgan fingerprint density at radius 1 is 1.15 bits per heavy atom. The topological polar surface area (TPSA) is 35.8 Å². The fourth-order valence-electron chi connectivity index (χ4n) is 2.07. The average molecular weight is 284 g/mol. The number of benzene rings is 1. The van der Waals surface area contributed by atoms with Crippen molar-refractivity contribution in [2.45, 2.75) is 39.3 Å². The third kappa shape index (κ3) is 3.69. The van der Waals surface area contributed by atoms with Gasteiger partial charge < -0.3 is 5.32 Å². The molecule has 0 bridgehead atoms. The van der Waals surface area contributed by atoms with Crippen LogP contribution in [0.5, 0.6) is 0 Å². The molecule has 0 radical (unpaired) electrons. The second-order valence-electron chi connectivity index (χ2n) is 5.34. The lowest BCUT2D eigenvalue weighted by molar-refractivity contribution is 0.578. The maximum absolute atomic E-state index is 8.81. The maximum atomic E-state index is 8.81. The normalized spacial score (nSPS) is 12.3. The van der Waals surface area contributed by atoms with E-state index in [0.29, 0.717) is 12.0 Å². The summed E-state index contributed by atoms with van der Waals surface area (Å²) in [5.41, 5.74) is 3.42. The molecule has 0 amide bonds. The molecule has 3 heteroatoms. The van der Waals surface area contributed by atoms with E-state index < -0.39 is 0 Å². The van der Waals surface area contributed by atoms with E-state index in [-0.39, 0.29) is 0 Å². The Hall–Kier alpha value is -1.63. The highest BCUT2D eigenvalue weighted by Crippen LogP contribution is 2.20. The quantitative estimate of drug-likeness (QED) is 0.871. The van der Waals surface area contributed by atoms with Gasteiger partial charge in [-0.15, -0.1) is 11.3 Å². The molecule has 2 aromatic rings. The first-order valence-electron chi connectivity index (χ1n) is 6.91. The van der Waals surface area contributed by atoms with E-state index in [2.05, 4.69) is 56.4 Å². The van der Waals surface area contributed by atoms with E-state index >= 15 is 0 Å². The van der Waals surface area contributed by atoms with E-state index in [1.165, 1.54) is 16.0 Å². The van der Waals surface area contributed by atoms with Gasteiger partial charge in [-0.2, -0.15) is 5.26 Å². The Kier molecular flexibility index (Phi) is 4.94. The minimum absolute atomic E-state index is 0.309. The molecule has 0 fully saturated rings. The van der Waals surface area contributed by atoms with Gasteiger partial charge in [0.2, 0.25) is 0 Å². The van der Waals surface area contributed by atoms with Crippen molar-refractivity contribution >= 4 is 11.3 Å². The van der Waals surface area contributed by atoms with Crippen molar-refractivity contribution in [1.29, 1.82) is 5.26 Å². The number of thiophene rings is 1. The Bertz CT molecular complexity index is 590. The Labute approximate surface area is 125 Å². The summed E-state index contributed by atoms with van der Waals surface area (Å²) >= 11 is 1.63. The van der Waals surface area contributed by atoms with Crippen molar-refractivity contribution in [3.63, 3.8) is 0 Å². The molecule has 1 aromatic carbocycles. The number of nitrogens with one attached hydrogen (secondary N) is 1. The fraction of sp³-hybridized carbons (Fsp3) is 0.353. The van der Waals surface area contributed by atoms with Gasteiger partial charge in [0.1, 0.15) is 6.07 Å². The van der Waals surface area contributed by atoms with Crippen molar-refractivity contribution in [3.05, 3.63) is 57.3 Å². The smallest absolute Gasteiger partial charge is 0.100 e. The molecule has 20 heavy (non-hydrogen) atoms. The van der Waals surface area contributed by atoms with Crippen LogP contribution in [0.15, 0.2) is 35.7 Å². The molecule has 0 saturated carbocycles. The van der Waals surface area contributed by atoms with Gasteiger partial charge in [-0.25, -0.2) is 0 Å². The molecule has 1 unspecified atom stereocenters. The van der Waals surface area contributed by atoms with Crippen LogP contribution in [0.25, 0.3) is 0 Å². The van der Waals surface area contributed by atoms with Crippen LogP contribution in [0, 0.1) is 11.3 Å². The molecule has 1 N–H and O–H groups in total. The number of nitrogens with zero attached hydrogens (tertiary/aromatic N) is 1. The van der Waals surface area contributed by atoms with Crippen molar-refractivity contribution in [2.24, 2.45) is 0 Å². The molecule has 2 rings (SSSR count). The second kappa shape index (κ2) is 6.69. The van der Waals surface area contributed by atoms with E-state index in [9.17, 15) is 0 Å². The van der Waals surface area contributed by atoms with Crippen LogP contribution in [0.4, 0.5) is 0 Å². The zero-order valence-electron chi connectivity index (χ0n) is 12.2. The van der Waals surface area contributed by atoms with E-state index in [4.69, 9.17) is 5.26 Å². The van der Waals surface area contributed by atoms with Crippen molar-refractivity contribution in [1.82, 2.24) is 5.32 Å². The molecule has 1 aromatic heterocycles. The summed E-state index contributed by atoms with van der Waals surface area (Å²) in [5.74, 6) is 0.572. The van der Waals surface area contributed by atoms with Crippen LogP contribution in [-0.2, 0) is 6.54 Å². The van der Waals surface area contributed by atoms with E-state index in [1.807, 2.05) is 11.4 Å². The van der Waals surface area contributed by atoms with Gasteiger partial charge in [-0.05, 0) is 30.0 Å². The summed E-state index contributed by atoms with van der Waals surface area (Å²) in [6.07, 6.45) is 0. The van der Waals surface area contributed by atoms with Gasteiger partial charge in [-0.1, -0.05) is 38.1 Å². The van der Waals surface area contributed by atoms with E-state index in [1.54, 1.807) is 11.3 Å². The number of rotatable bonds is 5. The molecule has 2 nitrogen and oxygen atoms in total. The van der Waals surface area contributed by atoms with Crippen LogP contribution in [-0.4, -0.2) is 0 Å². The van der Waals surface area contributed by atoms with Crippen LogP contribution < -0.4 is 5.32 Å². The fourth-order valence-corrected chi connectivity index (χ4v) is 2.83. The summed E-state index contributed by atoms with van der Waals surface area (Å²) < 4.78 is 0. The maximum Gasteiger partial charge on any atom is 0.100 e. The first-order chi connectivity index (χ1) is 9.60. The zero-order chi connectivity index (χ0) is 14.5. The van der Waals surface area contributed by atoms with Gasteiger partial charge in [0.15, 0.2) is 0 Å². The second-order valence-corrected chi connectivity index (χ2v) is 6.33. The Morgan fingerprint density at radius 2 is 1.80 bits per heavy atom. The van der Waals surface area contributed by atoms with Crippen LogP contribution in [0.2, 0.25) is 0 Å². The highest BCUT2D eigenvalue weighted by atomic mass is 32.1. The Morgan fingerprint density at radius 3 is 2.35 bits per heavy atom. The summed E-state index contributed by atoms with van der Waals surface area (Å²) in [4.78, 5) is 1.20. The van der Waals surface area contributed by atoms with Gasteiger partial charge in [0, 0.05) is 22.8 Å². The Balaban J connectivity index is 1.94. The largest absolute Gasteiger partial charge is 0.305 e. The molecule has 0 aliphatic heterocycles. The highest BCUT2D eigenvalue weighted by Gasteiger charge is 2.07. The molecule has 0 aliphatic rings. The minimum Gasteiger partial charge on any atom is -0.305 e. The lowest BCUT2D eigenvalue weighted by atomic mass is 9.99. The minimum atomic E-state index is 0.309. The van der Waals surface area contributed by atoms with E-state index in [0.717, 1.165) is 12.1 Å². The average Bonchev–Trinajstić information content (AvgIpc) is 2.93.